The monoisotopic (exact) mass is 625 g/mol. The Kier molecular flexibility index (Phi) is 9.12. The Morgan fingerprint density at radius 3 is 2.50 bits per heavy atom. The molecule has 2 fully saturated rings. The fraction of sp³-hybridized carbons (Fsp3) is 0.367. The van der Waals surface area contributed by atoms with Crippen LogP contribution in [0.5, 0.6) is 5.75 Å². The van der Waals surface area contributed by atoms with E-state index in [0.717, 1.165) is 6.42 Å². The van der Waals surface area contributed by atoms with Crippen LogP contribution in [-0.2, 0) is 11.8 Å². The number of rotatable bonds is 7. The number of amides is 3. The number of nitriles is 1. The molecule has 0 unspecified atom stereocenters. The van der Waals surface area contributed by atoms with E-state index in [2.05, 4.69) is 10.3 Å². The van der Waals surface area contributed by atoms with Crippen LogP contribution in [0, 0.1) is 28.9 Å². The number of hydrogen-bond donors (Lipinski definition) is 2. The lowest BCUT2D eigenvalue weighted by atomic mass is 9.95. The molecule has 1 aromatic heterocycles. The van der Waals surface area contributed by atoms with Gasteiger partial charge in [0, 0.05) is 56.4 Å². The fourth-order valence-corrected chi connectivity index (χ4v) is 5.78. The molecule has 0 aliphatic carbocycles. The van der Waals surface area contributed by atoms with Crippen molar-refractivity contribution in [2.24, 2.45) is 18.7 Å². The lowest BCUT2D eigenvalue weighted by Gasteiger charge is -2.33. The van der Waals surface area contributed by atoms with Gasteiger partial charge in [0.05, 0.1) is 22.5 Å². The van der Waals surface area contributed by atoms with Crippen LogP contribution < -0.4 is 15.8 Å². The Bertz CT molecular complexity index is 1650. The molecule has 2 saturated heterocycles. The van der Waals surface area contributed by atoms with Gasteiger partial charge in [-0.2, -0.15) is 9.65 Å². The summed E-state index contributed by atoms with van der Waals surface area (Å²) in [5.74, 6) is -3.93. The molecule has 3 amide bonds. The minimum atomic E-state index is -1.26. The number of nitrogens with zero attached hydrogens (tertiary/aromatic N) is 5. The number of benzene rings is 2. The number of hydrogen-bond acceptors (Lipinski definition) is 7. The summed E-state index contributed by atoms with van der Waals surface area (Å²) in [4.78, 5) is 46.6. The second-order valence-electron chi connectivity index (χ2n) is 10.8. The van der Waals surface area contributed by atoms with Crippen LogP contribution in [0.25, 0.3) is 11.3 Å². The van der Waals surface area contributed by atoms with Crippen molar-refractivity contribution >= 4 is 35.0 Å². The second kappa shape index (κ2) is 13.0. The fourth-order valence-electron chi connectivity index (χ4n) is 5.52. The van der Waals surface area contributed by atoms with E-state index in [9.17, 15) is 23.2 Å². The normalized spacial score (nSPS) is 17.0. The molecule has 11 nitrogen and oxygen atoms in total. The predicted octanol–water partition coefficient (Wildman–Crippen LogP) is 3.59. The zero-order valence-electron chi connectivity index (χ0n) is 23.9. The van der Waals surface area contributed by atoms with Crippen LogP contribution in [0.3, 0.4) is 0 Å². The van der Waals surface area contributed by atoms with Crippen molar-refractivity contribution in [3.63, 3.8) is 0 Å². The first-order chi connectivity index (χ1) is 21.1. The largest absolute Gasteiger partial charge is 0.476 e. The van der Waals surface area contributed by atoms with Crippen LogP contribution >= 0.6 is 11.6 Å². The summed E-state index contributed by atoms with van der Waals surface area (Å²) in [6.07, 6.45) is 3.15. The van der Waals surface area contributed by atoms with Gasteiger partial charge in [0.1, 0.15) is 6.07 Å². The van der Waals surface area contributed by atoms with E-state index in [1.54, 1.807) is 11.0 Å². The highest BCUT2D eigenvalue weighted by Crippen LogP contribution is 2.31. The van der Waals surface area contributed by atoms with E-state index >= 15 is 0 Å². The van der Waals surface area contributed by atoms with E-state index in [1.165, 1.54) is 48.1 Å². The van der Waals surface area contributed by atoms with Crippen LogP contribution in [0.1, 0.15) is 40.2 Å². The lowest BCUT2D eigenvalue weighted by Crippen LogP contribution is -2.44. The van der Waals surface area contributed by atoms with Crippen molar-refractivity contribution < 1.29 is 27.9 Å². The standard InChI is InChI=1S/C30H30ClF2N7O4/c1-38-23(21-4-5-24(44-13-9-34)26(33)25(21)32)15-36-27(38)28(41)37-19-2-3-20(22(31)14-19)30(43)39-10-6-17(7-11-39)29(42)40-12-8-18(35)16-40/h2-5,14-15,17-18H,6-8,10-13,16,35H2,1H3,(H,37,41)/t18-/m1/s1. The maximum atomic E-state index is 14.8. The molecule has 2 aliphatic heterocycles. The minimum Gasteiger partial charge on any atom is -0.476 e. The number of aromatic nitrogens is 2. The average Bonchev–Trinajstić information content (AvgIpc) is 3.62. The van der Waals surface area contributed by atoms with Crippen LogP contribution in [0.15, 0.2) is 36.5 Å². The summed E-state index contributed by atoms with van der Waals surface area (Å²) in [5.41, 5.74) is 6.47. The third kappa shape index (κ3) is 6.22. The van der Waals surface area contributed by atoms with Crippen molar-refractivity contribution in [2.75, 3.05) is 38.1 Å². The Morgan fingerprint density at radius 2 is 1.84 bits per heavy atom. The number of nitrogens with two attached hydrogens (primary N) is 1. The van der Waals surface area contributed by atoms with Gasteiger partial charge < -0.3 is 30.2 Å². The van der Waals surface area contributed by atoms with E-state index in [-0.39, 0.29) is 51.4 Å². The summed E-state index contributed by atoms with van der Waals surface area (Å²) in [5, 5.41) is 11.4. The highest BCUT2D eigenvalue weighted by atomic mass is 35.5. The number of imidazole rings is 1. The number of likely N-dealkylation sites (tertiary alicyclic amines) is 2. The SMILES string of the molecule is Cn1c(-c2ccc(OCC#N)c(F)c2F)cnc1C(=O)Nc1ccc(C(=O)N2CCC(C(=O)N3CC[C@@H](N)C3)CC2)c(Cl)c1. The molecule has 1 atom stereocenters. The number of halogens is 3. The van der Waals surface area contributed by atoms with E-state index < -0.39 is 29.9 Å². The zero-order chi connectivity index (χ0) is 31.5. The first kappa shape index (κ1) is 30.9. The summed E-state index contributed by atoms with van der Waals surface area (Å²) in [7, 11) is 1.47. The maximum absolute atomic E-state index is 14.8. The molecule has 44 heavy (non-hydrogen) atoms. The molecule has 14 heteroatoms. The lowest BCUT2D eigenvalue weighted by molar-refractivity contribution is -0.135. The number of piperidine rings is 1. The highest BCUT2D eigenvalue weighted by Gasteiger charge is 2.33. The van der Waals surface area contributed by atoms with Gasteiger partial charge in [-0.1, -0.05) is 11.6 Å². The molecule has 0 bridgehead atoms. The van der Waals surface area contributed by atoms with Gasteiger partial charge in [-0.15, -0.1) is 0 Å². The molecule has 3 heterocycles. The van der Waals surface area contributed by atoms with Crippen LogP contribution in [-0.4, -0.2) is 75.9 Å². The van der Waals surface area contributed by atoms with Gasteiger partial charge >= 0.3 is 0 Å². The molecule has 2 aliphatic rings. The van der Waals surface area contributed by atoms with Crippen molar-refractivity contribution in [3.8, 4) is 23.1 Å². The molecule has 0 saturated carbocycles. The maximum Gasteiger partial charge on any atom is 0.291 e. The molecule has 2 aromatic carbocycles. The summed E-state index contributed by atoms with van der Waals surface area (Å²) in [6.45, 7) is 1.65. The highest BCUT2D eigenvalue weighted by molar-refractivity contribution is 6.34. The number of nitrogens with one attached hydrogen (secondary N) is 1. The van der Waals surface area contributed by atoms with Gasteiger partial charge in [-0.3, -0.25) is 14.4 Å². The summed E-state index contributed by atoms with van der Waals surface area (Å²) >= 11 is 6.45. The number of carbonyl (C=O) groups excluding carboxylic acids is 3. The van der Waals surface area contributed by atoms with Gasteiger partial charge in [0.2, 0.25) is 11.7 Å². The Morgan fingerprint density at radius 1 is 1.11 bits per heavy atom. The molecule has 3 aromatic rings. The number of ether oxygens (including phenoxy) is 1. The van der Waals surface area contributed by atoms with Gasteiger partial charge in [0.25, 0.3) is 11.8 Å². The van der Waals surface area contributed by atoms with E-state index in [4.69, 9.17) is 27.3 Å². The summed E-state index contributed by atoms with van der Waals surface area (Å²) < 4.78 is 35.4. The first-order valence-corrected chi connectivity index (χ1v) is 14.4. The Balaban J connectivity index is 1.22. The molecule has 0 radical (unpaired) electrons. The Hall–Kier alpha value is -4.54. The third-order valence-electron chi connectivity index (χ3n) is 7.93. The molecular formula is C30H30ClF2N7O4. The van der Waals surface area contributed by atoms with Crippen molar-refractivity contribution in [3.05, 3.63) is 64.6 Å². The number of anilines is 1. The third-order valence-corrected chi connectivity index (χ3v) is 8.24. The minimum absolute atomic E-state index is 0.0213. The molecule has 3 N–H and O–H groups in total. The van der Waals surface area contributed by atoms with E-state index in [0.29, 0.717) is 44.7 Å². The second-order valence-corrected chi connectivity index (χ2v) is 11.2. The quantitative estimate of drug-likeness (QED) is 0.408. The summed E-state index contributed by atoms with van der Waals surface area (Å²) in [6, 6.07) is 8.65. The van der Waals surface area contributed by atoms with Crippen molar-refractivity contribution in [2.45, 2.75) is 25.3 Å². The van der Waals surface area contributed by atoms with Gasteiger partial charge in [-0.05, 0) is 49.6 Å². The van der Waals surface area contributed by atoms with Crippen LogP contribution in [0.2, 0.25) is 5.02 Å². The average molecular weight is 626 g/mol. The first-order valence-electron chi connectivity index (χ1n) is 14.0. The smallest absolute Gasteiger partial charge is 0.291 e. The molecule has 0 spiro atoms. The number of carbonyl (C=O) groups is 3. The molecule has 5 rings (SSSR count). The van der Waals surface area contributed by atoms with Crippen LogP contribution in [0.4, 0.5) is 14.5 Å². The molecular weight excluding hydrogens is 596 g/mol. The predicted molar refractivity (Wildman–Crippen MR) is 157 cm³/mol. The van der Waals surface area contributed by atoms with Gasteiger partial charge in [-0.25, -0.2) is 9.37 Å². The van der Waals surface area contributed by atoms with E-state index in [1.807, 2.05) is 4.90 Å². The van der Waals surface area contributed by atoms with Crippen molar-refractivity contribution in [1.82, 2.24) is 19.4 Å². The Labute approximate surface area is 257 Å². The topological polar surface area (TPSA) is 147 Å². The molecule has 230 valence electrons. The zero-order valence-corrected chi connectivity index (χ0v) is 24.6. The van der Waals surface area contributed by atoms with Crippen molar-refractivity contribution in [1.29, 1.82) is 5.26 Å². The van der Waals surface area contributed by atoms with Gasteiger partial charge in [0.15, 0.2) is 24.0 Å².